The highest BCUT2D eigenvalue weighted by molar-refractivity contribution is 7.92. The van der Waals surface area contributed by atoms with Gasteiger partial charge in [-0.3, -0.25) is 9.62 Å². The first-order chi connectivity index (χ1) is 15.1. The molecule has 0 aliphatic carbocycles. The van der Waals surface area contributed by atoms with E-state index in [0.717, 1.165) is 29.5 Å². The predicted octanol–water partition coefficient (Wildman–Crippen LogP) is 5.50. The molecule has 0 aromatic heterocycles. The van der Waals surface area contributed by atoms with Gasteiger partial charge in [-0.25, -0.2) is 8.42 Å². The third kappa shape index (κ3) is 8.16. The second-order valence-electron chi connectivity index (χ2n) is 8.75. The minimum atomic E-state index is -3.27. The number of benzene rings is 3. The van der Waals surface area contributed by atoms with E-state index < -0.39 is 10.0 Å². The van der Waals surface area contributed by atoms with E-state index in [1.165, 1.54) is 0 Å². The standard InChI is InChI=1S/C26H32N2O3S.ClH/c1-26(2,28(3)19-21-15-17-24(18-16-21)27-32(4,29)30)20-31-25(22-11-7-5-8-12-22)23-13-9-6-10-14-23;/h5-18,25,27H,19-20H2,1-4H3;1H. The van der Waals surface area contributed by atoms with Crippen LogP contribution in [0.25, 0.3) is 0 Å². The minimum absolute atomic E-state index is 0. The van der Waals surface area contributed by atoms with E-state index in [-0.39, 0.29) is 24.0 Å². The zero-order chi connectivity index (χ0) is 23.2. The maximum atomic E-state index is 11.4. The third-order valence-corrected chi connectivity index (χ3v) is 6.12. The summed E-state index contributed by atoms with van der Waals surface area (Å²) in [6.07, 6.45) is 1.02. The lowest BCUT2D eigenvalue weighted by Crippen LogP contribution is -2.44. The fourth-order valence-electron chi connectivity index (χ4n) is 3.42. The van der Waals surface area contributed by atoms with Crippen LogP contribution in [0.15, 0.2) is 84.9 Å². The summed E-state index contributed by atoms with van der Waals surface area (Å²) in [4.78, 5) is 2.25. The average Bonchev–Trinajstić information content (AvgIpc) is 2.75. The Bertz CT molecular complexity index is 1050. The fourth-order valence-corrected chi connectivity index (χ4v) is 3.98. The predicted molar refractivity (Wildman–Crippen MR) is 138 cm³/mol. The van der Waals surface area contributed by atoms with Gasteiger partial charge in [0.05, 0.1) is 12.9 Å². The van der Waals surface area contributed by atoms with Gasteiger partial charge in [0.25, 0.3) is 0 Å². The molecule has 0 fully saturated rings. The highest BCUT2D eigenvalue weighted by Crippen LogP contribution is 2.28. The fraction of sp³-hybridized carbons (Fsp3) is 0.308. The Morgan fingerprint density at radius 2 is 1.36 bits per heavy atom. The van der Waals surface area contributed by atoms with Crippen LogP contribution in [0, 0.1) is 0 Å². The highest BCUT2D eigenvalue weighted by Gasteiger charge is 2.26. The molecular formula is C26H33ClN2O3S. The number of hydrogen-bond acceptors (Lipinski definition) is 4. The highest BCUT2D eigenvalue weighted by atomic mass is 35.5. The van der Waals surface area contributed by atoms with E-state index in [1.54, 1.807) is 12.1 Å². The van der Waals surface area contributed by atoms with E-state index in [0.29, 0.717) is 12.3 Å². The SMILES string of the molecule is CN(Cc1ccc(NS(C)(=O)=O)cc1)C(C)(C)COC(c1ccccc1)c1ccccc1.Cl. The van der Waals surface area contributed by atoms with Gasteiger partial charge < -0.3 is 4.74 Å². The normalized spacial score (nSPS) is 11.9. The van der Waals surface area contributed by atoms with Crippen LogP contribution in [0.2, 0.25) is 0 Å². The van der Waals surface area contributed by atoms with Gasteiger partial charge in [-0.1, -0.05) is 72.8 Å². The van der Waals surface area contributed by atoms with E-state index in [2.05, 4.69) is 54.8 Å². The molecule has 0 radical (unpaired) electrons. The zero-order valence-electron chi connectivity index (χ0n) is 19.6. The van der Waals surface area contributed by atoms with Gasteiger partial charge in [-0.2, -0.15) is 0 Å². The van der Waals surface area contributed by atoms with Gasteiger partial charge in [-0.05, 0) is 49.7 Å². The van der Waals surface area contributed by atoms with Gasteiger partial charge in [-0.15, -0.1) is 12.4 Å². The Balaban J connectivity index is 0.00000385. The summed E-state index contributed by atoms with van der Waals surface area (Å²) < 4.78 is 31.8. The Kier molecular flexibility index (Phi) is 9.49. The van der Waals surface area contributed by atoms with Crippen LogP contribution in [0.4, 0.5) is 5.69 Å². The van der Waals surface area contributed by atoms with Crippen LogP contribution in [-0.4, -0.2) is 38.8 Å². The van der Waals surface area contributed by atoms with Gasteiger partial charge in [0, 0.05) is 17.8 Å². The number of sulfonamides is 1. The van der Waals surface area contributed by atoms with E-state index >= 15 is 0 Å². The molecule has 0 amide bonds. The van der Waals surface area contributed by atoms with Gasteiger partial charge in [0.1, 0.15) is 6.10 Å². The first-order valence-electron chi connectivity index (χ1n) is 10.6. The van der Waals surface area contributed by atoms with Gasteiger partial charge >= 0.3 is 0 Å². The Morgan fingerprint density at radius 3 is 1.82 bits per heavy atom. The molecule has 0 heterocycles. The molecule has 3 aromatic carbocycles. The number of halogens is 1. The Morgan fingerprint density at radius 1 is 0.879 bits per heavy atom. The Hall–Kier alpha value is -2.38. The minimum Gasteiger partial charge on any atom is -0.367 e. The molecule has 178 valence electrons. The van der Waals surface area contributed by atoms with Crippen molar-refractivity contribution in [3.8, 4) is 0 Å². The maximum Gasteiger partial charge on any atom is 0.229 e. The maximum absolute atomic E-state index is 11.4. The molecule has 0 atom stereocenters. The lowest BCUT2D eigenvalue weighted by Gasteiger charge is -2.37. The van der Waals surface area contributed by atoms with Crippen molar-refractivity contribution in [1.82, 2.24) is 4.90 Å². The molecular weight excluding hydrogens is 456 g/mol. The first-order valence-corrected chi connectivity index (χ1v) is 12.5. The van der Waals surface area contributed by atoms with E-state index in [4.69, 9.17) is 4.74 Å². The number of nitrogens with zero attached hydrogens (tertiary/aromatic N) is 1. The second kappa shape index (κ2) is 11.7. The smallest absolute Gasteiger partial charge is 0.229 e. The second-order valence-corrected chi connectivity index (χ2v) is 10.5. The van der Waals surface area contributed by atoms with Crippen LogP contribution < -0.4 is 4.72 Å². The van der Waals surface area contributed by atoms with Crippen molar-refractivity contribution in [2.45, 2.75) is 32.0 Å². The van der Waals surface area contributed by atoms with Crippen LogP contribution in [0.5, 0.6) is 0 Å². The molecule has 0 bridgehead atoms. The van der Waals surface area contributed by atoms with Crippen molar-refractivity contribution < 1.29 is 13.2 Å². The summed E-state index contributed by atoms with van der Waals surface area (Å²) in [7, 11) is -1.20. The van der Waals surface area contributed by atoms with Crippen LogP contribution >= 0.6 is 12.4 Å². The average molecular weight is 489 g/mol. The molecule has 3 rings (SSSR count). The number of anilines is 1. The number of ether oxygens (including phenoxy) is 1. The largest absolute Gasteiger partial charge is 0.367 e. The lowest BCUT2D eigenvalue weighted by molar-refractivity contribution is -0.00737. The summed E-state index contributed by atoms with van der Waals surface area (Å²) in [6, 6.07) is 28.0. The molecule has 0 aliphatic heterocycles. The summed E-state index contributed by atoms with van der Waals surface area (Å²) in [5, 5.41) is 0. The van der Waals surface area contributed by atoms with E-state index in [9.17, 15) is 8.42 Å². The molecule has 0 spiro atoms. The molecule has 0 saturated heterocycles. The quantitative estimate of drug-likeness (QED) is 0.409. The first kappa shape index (κ1) is 26.9. The lowest BCUT2D eigenvalue weighted by atomic mass is 10.00. The number of nitrogens with one attached hydrogen (secondary N) is 1. The molecule has 1 N–H and O–H groups in total. The number of likely N-dealkylation sites (N-methyl/N-ethyl adjacent to an activating group) is 1. The van der Waals surface area contributed by atoms with Crippen LogP contribution in [0.3, 0.4) is 0 Å². The topological polar surface area (TPSA) is 58.6 Å². The van der Waals surface area contributed by atoms with Gasteiger partial charge in [0.15, 0.2) is 0 Å². The molecule has 0 aliphatic rings. The van der Waals surface area contributed by atoms with Crippen LogP contribution in [-0.2, 0) is 21.3 Å². The molecule has 7 heteroatoms. The number of rotatable bonds is 10. The van der Waals surface area contributed by atoms with E-state index in [1.807, 2.05) is 48.5 Å². The molecule has 3 aromatic rings. The molecule has 0 unspecified atom stereocenters. The zero-order valence-corrected chi connectivity index (χ0v) is 21.2. The number of hydrogen-bond donors (Lipinski definition) is 1. The molecule has 33 heavy (non-hydrogen) atoms. The summed E-state index contributed by atoms with van der Waals surface area (Å²) >= 11 is 0. The summed E-state index contributed by atoms with van der Waals surface area (Å²) in [5.41, 5.74) is 3.71. The molecule has 5 nitrogen and oxygen atoms in total. The van der Waals surface area contributed by atoms with Crippen molar-refractivity contribution in [3.05, 3.63) is 102 Å². The summed E-state index contributed by atoms with van der Waals surface area (Å²) in [5.74, 6) is 0. The van der Waals surface area contributed by atoms with Crippen molar-refractivity contribution in [2.75, 3.05) is 24.6 Å². The Labute approximate surface area is 204 Å². The van der Waals surface area contributed by atoms with Gasteiger partial charge in [0.2, 0.25) is 10.0 Å². The third-order valence-electron chi connectivity index (χ3n) is 5.52. The van der Waals surface area contributed by atoms with Crippen molar-refractivity contribution >= 4 is 28.1 Å². The van der Waals surface area contributed by atoms with Crippen molar-refractivity contribution in [2.24, 2.45) is 0 Å². The molecule has 0 saturated carbocycles. The van der Waals surface area contributed by atoms with Crippen molar-refractivity contribution in [3.63, 3.8) is 0 Å². The van der Waals surface area contributed by atoms with Crippen LogP contribution in [0.1, 0.15) is 36.6 Å². The monoisotopic (exact) mass is 488 g/mol. The van der Waals surface area contributed by atoms with Crippen molar-refractivity contribution in [1.29, 1.82) is 0 Å². The summed E-state index contributed by atoms with van der Waals surface area (Å²) in [6.45, 7) is 5.60.